The zero-order valence-electron chi connectivity index (χ0n) is 16.7. The minimum atomic E-state index is 0.192. The molecular weight excluding hydrogens is 308 g/mol. The van der Waals surface area contributed by atoms with Crippen LogP contribution in [-0.2, 0) is 4.74 Å². The number of likely N-dealkylation sites (N-methyl/N-ethyl adjacent to an activating group) is 1. The average molecular weight is 343 g/mol. The topological polar surface area (TPSA) is 15.7 Å². The molecule has 0 radical (unpaired) electrons. The van der Waals surface area contributed by atoms with Gasteiger partial charge in [0.05, 0.1) is 12.2 Å². The molecule has 0 unspecified atom stereocenters. The van der Waals surface area contributed by atoms with Gasteiger partial charge in [-0.3, -0.25) is 4.90 Å². The summed E-state index contributed by atoms with van der Waals surface area (Å²) in [5.41, 5.74) is 7.76. The summed E-state index contributed by atoms with van der Waals surface area (Å²) in [4.78, 5) is 5.09. The molecule has 0 N–H and O–H groups in total. The van der Waals surface area contributed by atoms with E-state index in [9.17, 15) is 0 Å². The summed E-state index contributed by atoms with van der Waals surface area (Å²) in [6.07, 6.45) is 3.84. The smallest absolute Gasteiger partial charge is 0.0951 e. The Hall–Kier alpha value is -0.900. The van der Waals surface area contributed by atoms with Gasteiger partial charge in [-0.15, -0.1) is 0 Å². The van der Waals surface area contributed by atoms with Crippen LogP contribution in [0.3, 0.4) is 0 Å². The fraction of sp³-hybridized carbons (Fsp3) is 0.727. The lowest BCUT2D eigenvalue weighted by molar-refractivity contribution is -0.100. The van der Waals surface area contributed by atoms with E-state index in [2.05, 4.69) is 50.6 Å². The maximum Gasteiger partial charge on any atom is 0.0951 e. The number of hydrogen-bond donors (Lipinski definition) is 0. The van der Waals surface area contributed by atoms with Crippen LogP contribution in [-0.4, -0.2) is 61.3 Å². The molecule has 3 aliphatic rings. The minimum absolute atomic E-state index is 0.192. The molecule has 1 spiro atoms. The number of aryl methyl sites for hydroxylation is 1. The van der Waals surface area contributed by atoms with Crippen molar-refractivity contribution < 1.29 is 4.74 Å². The molecule has 1 atom stereocenters. The van der Waals surface area contributed by atoms with Gasteiger partial charge in [-0.2, -0.15) is 0 Å². The van der Waals surface area contributed by atoms with Crippen molar-refractivity contribution in [1.29, 1.82) is 0 Å². The first-order valence-electron chi connectivity index (χ1n) is 10.0. The normalized spacial score (nSPS) is 27.8. The first kappa shape index (κ1) is 17.5. The van der Waals surface area contributed by atoms with Crippen molar-refractivity contribution in [3.8, 4) is 0 Å². The molecular formula is C22H34N2O. The van der Waals surface area contributed by atoms with E-state index in [1.807, 2.05) is 0 Å². The summed E-state index contributed by atoms with van der Waals surface area (Å²) in [5, 5.41) is 0. The molecule has 0 saturated carbocycles. The Morgan fingerprint density at radius 2 is 1.68 bits per heavy atom. The van der Waals surface area contributed by atoms with Crippen LogP contribution in [0.2, 0.25) is 0 Å². The SMILES string of the molecule is Cc1cc(C2CCN([C@@H]3COC4(C3)CN(C)C4)CC2)c(C)c(C)c1C. The van der Waals surface area contributed by atoms with E-state index < -0.39 is 0 Å². The van der Waals surface area contributed by atoms with Gasteiger partial charge in [-0.25, -0.2) is 0 Å². The number of piperidine rings is 1. The third-order valence-corrected chi connectivity index (χ3v) is 7.31. The van der Waals surface area contributed by atoms with E-state index in [-0.39, 0.29) is 5.60 Å². The van der Waals surface area contributed by atoms with Gasteiger partial charge in [-0.1, -0.05) is 6.07 Å². The highest BCUT2D eigenvalue weighted by atomic mass is 16.5. The van der Waals surface area contributed by atoms with Crippen LogP contribution < -0.4 is 0 Å². The van der Waals surface area contributed by atoms with Crippen molar-refractivity contribution >= 4 is 0 Å². The van der Waals surface area contributed by atoms with Gasteiger partial charge in [0.2, 0.25) is 0 Å². The van der Waals surface area contributed by atoms with Gasteiger partial charge in [-0.05, 0) is 101 Å². The molecule has 3 aliphatic heterocycles. The van der Waals surface area contributed by atoms with E-state index in [0.29, 0.717) is 6.04 Å². The summed E-state index contributed by atoms with van der Waals surface area (Å²) in [5.74, 6) is 0.736. The molecule has 1 aromatic rings. The number of likely N-dealkylation sites (tertiary alicyclic amines) is 2. The first-order chi connectivity index (χ1) is 11.9. The summed E-state index contributed by atoms with van der Waals surface area (Å²) in [6.45, 7) is 14.8. The Balaban J connectivity index is 1.39. The van der Waals surface area contributed by atoms with Crippen LogP contribution in [0.25, 0.3) is 0 Å². The predicted molar refractivity (Wildman–Crippen MR) is 104 cm³/mol. The lowest BCUT2D eigenvalue weighted by atomic mass is 9.82. The van der Waals surface area contributed by atoms with Gasteiger partial charge in [0.25, 0.3) is 0 Å². The van der Waals surface area contributed by atoms with Gasteiger partial charge >= 0.3 is 0 Å². The number of rotatable bonds is 2. The lowest BCUT2D eigenvalue weighted by Crippen LogP contribution is -2.60. The maximum atomic E-state index is 6.20. The van der Waals surface area contributed by atoms with Crippen LogP contribution in [0.1, 0.15) is 53.0 Å². The summed E-state index contributed by atoms with van der Waals surface area (Å²) < 4.78 is 6.20. The lowest BCUT2D eigenvalue weighted by Gasteiger charge is -2.45. The van der Waals surface area contributed by atoms with Crippen molar-refractivity contribution in [1.82, 2.24) is 9.80 Å². The first-order valence-corrected chi connectivity index (χ1v) is 10.0. The average Bonchev–Trinajstić information content (AvgIpc) is 3.01. The molecule has 4 rings (SSSR count). The Labute approximate surface area is 153 Å². The summed E-state index contributed by atoms with van der Waals surface area (Å²) in [6, 6.07) is 3.12. The van der Waals surface area contributed by atoms with Crippen LogP contribution in [0, 0.1) is 27.7 Å². The third-order valence-electron chi connectivity index (χ3n) is 7.31. The second kappa shape index (κ2) is 6.37. The fourth-order valence-corrected chi connectivity index (χ4v) is 5.46. The van der Waals surface area contributed by atoms with Crippen molar-refractivity contribution in [3.05, 3.63) is 33.9 Å². The second-order valence-electron chi connectivity index (χ2n) is 8.99. The minimum Gasteiger partial charge on any atom is -0.371 e. The molecule has 3 heterocycles. The van der Waals surface area contributed by atoms with E-state index in [4.69, 9.17) is 4.74 Å². The zero-order chi connectivity index (χ0) is 17.8. The number of ether oxygens (including phenoxy) is 1. The van der Waals surface area contributed by atoms with Crippen molar-refractivity contribution in [2.24, 2.45) is 0 Å². The van der Waals surface area contributed by atoms with Gasteiger partial charge in [0.1, 0.15) is 0 Å². The molecule has 1 aromatic carbocycles. The van der Waals surface area contributed by atoms with E-state index in [1.165, 1.54) is 54.6 Å². The van der Waals surface area contributed by atoms with E-state index in [1.54, 1.807) is 5.56 Å². The molecule has 3 nitrogen and oxygen atoms in total. The van der Waals surface area contributed by atoms with Crippen LogP contribution >= 0.6 is 0 Å². The zero-order valence-corrected chi connectivity index (χ0v) is 16.7. The molecule has 0 bridgehead atoms. The van der Waals surface area contributed by atoms with Crippen LogP contribution in [0.5, 0.6) is 0 Å². The van der Waals surface area contributed by atoms with E-state index in [0.717, 1.165) is 25.6 Å². The van der Waals surface area contributed by atoms with Gasteiger partial charge in [0, 0.05) is 19.1 Å². The van der Waals surface area contributed by atoms with Gasteiger partial charge in [0.15, 0.2) is 0 Å². The number of benzene rings is 1. The maximum absolute atomic E-state index is 6.20. The van der Waals surface area contributed by atoms with Crippen molar-refractivity contribution in [3.63, 3.8) is 0 Å². The summed E-state index contributed by atoms with van der Waals surface area (Å²) in [7, 11) is 2.20. The number of nitrogens with zero attached hydrogens (tertiary/aromatic N) is 2. The molecule has 25 heavy (non-hydrogen) atoms. The van der Waals surface area contributed by atoms with Crippen molar-refractivity contribution in [2.45, 2.75) is 64.5 Å². The van der Waals surface area contributed by atoms with E-state index >= 15 is 0 Å². The highest BCUT2D eigenvalue weighted by Gasteiger charge is 2.49. The second-order valence-corrected chi connectivity index (χ2v) is 8.99. The fourth-order valence-electron chi connectivity index (χ4n) is 5.46. The largest absolute Gasteiger partial charge is 0.371 e. The molecule has 138 valence electrons. The molecule has 0 amide bonds. The highest BCUT2D eigenvalue weighted by molar-refractivity contribution is 5.45. The van der Waals surface area contributed by atoms with Gasteiger partial charge < -0.3 is 9.64 Å². The molecule has 3 heteroatoms. The molecule has 3 fully saturated rings. The molecule has 0 aliphatic carbocycles. The Bertz CT molecular complexity index is 654. The number of hydrogen-bond acceptors (Lipinski definition) is 3. The quantitative estimate of drug-likeness (QED) is 0.817. The summed E-state index contributed by atoms with van der Waals surface area (Å²) >= 11 is 0. The Kier molecular flexibility index (Phi) is 4.46. The standard InChI is InChI=1S/C22H34N2O/c1-15-10-21(18(4)17(3)16(15)2)19-6-8-24(9-7-19)20-11-22(25-12-20)13-23(5)14-22/h10,19-20H,6-9,11-14H2,1-5H3/t20-/m0/s1. The van der Waals surface area contributed by atoms with Crippen LogP contribution in [0.4, 0.5) is 0 Å². The van der Waals surface area contributed by atoms with Crippen LogP contribution in [0.15, 0.2) is 6.07 Å². The Morgan fingerprint density at radius 3 is 2.32 bits per heavy atom. The monoisotopic (exact) mass is 342 g/mol. The Morgan fingerprint density at radius 1 is 1.00 bits per heavy atom. The highest BCUT2D eigenvalue weighted by Crippen LogP contribution is 2.39. The third kappa shape index (κ3) is 3.05. The van der Waals surface area contributed by atoms with Crippen molar-refractivity contribution in [2.75, 3.05) is 39.8 Å². The molecule has 0 aromatic heterocycles. The predicted octanol–water partition coefficient (Wildman–Crippen LogP) is 3.57. The molecule has 3 saturated heterocycles.